The SMILES string of the molecule is Cn1nc(CC(=O)C2(C)COCC2N)c2ccccc21. The lowest BCUT2D eigenvalue weighted by Crippen LogP contribution is -2.45. The summed E-state index contributed by atoms with van der Waals surface area (Å²) >= 11 is 0. The van der Waals surface area contributed by atoms with Gasteiger partial charge in [0, 0.05) is 18.5 Å². The van der Waals surface area contributed by atoms with E-state index in [1.54, 1.807) is 0 Å². The molecule has 0 aliphatic carbocycles. The zero-order valence-electron chi connectivity index (χ0n) is 11.8. The van der Waals surface area contributed by atoms with Crippen LogP contribution in [0, 0.1) is 5.41 Å². The summed E-state index contributed by atoms with van der Waals surface area (Å²) in [6.07, 6.45) is 0.301. The van der Waals surface area contributed by atoms with Crippen LogP contribution in [0.1, 0.15) is 12.6 Å². The standard InChI is InChI=1S/C15H19N3O2/c1-15(9-20-8-13(15)16)14(19)7-11-10-5-3-4-6-12(10)18(2)17-11/h3-6,13H,7-9,16H2,1-2H3. The van der Waals surface area contributed by atoms with Gasteiger partial charge in [-0.25, -0.2) is 0 Å². The molecule has 2 unspecified atom stereocenters. The molecule has 3 rings (SSSR count). The molecule has 0 radical (unpaired) electrons. The number of ketones is 1. The highest BCUT2D eigenvalue weighted by molar-refractivity contribution is 5.92. The average molecular weight is 273 g/mol. The summed E-state index contributed by atoms with van der Waals surface area (Å²) < 4.78 is 7.16. The van der Waals surface area contributed by atoms with Crippen LogP contribution in [-0.2, 0) is 23.0 Å². The average Bonchev–Trinajstić information content (AvgIpc) is 2.93. The number of hydrogen-bond acceptors (Lipinski definition) is 4. The van der Waals surface area contributed by atoms with Gasteiger partial charge in [-0.1, -0.05) is 18.2 Å². The van der Waals surface area contributed by atoms with Crippen LogP contribution in [0.25, 0.3) is 10.9 Å². The molecule has 1 aliphatic rings. The zero-order valence-corrected chi connectivity index (χ0v) is 11.8. The molecule has 20 heavy (non-hydrogen) atoms. The van der Waals surface area contributed by atoms with Crippen LogP contribution < -0.4 is 5.73 Å². The Bertz CT molecular complexity index is 664. The van der Waals surface area contributed by atoms with Gasteiger partial charge in [0.15, 0.2) is 0 Å². The van der Waals surface area contributed by atoms with Crippen LogP contribution in [-0.4, -0.2) is 34.8 Å². The summed E-state index contributed by atoms with van der Waals surface area (Å²) in [7, 11) is 1.89. The van der Waals surface area contributed by atoms with Crippen LogP contribution >= 0.6 is 0 Å². The molecule has 2 heterocycles. The van der Waals surface area contributed by atoms with Crippen LogP contribution in [0.2, 0.25) is 0 Å². The number of benzene rings is 1. The summed E-state index contributed by atoms with van der Waals surface area (Å²) in [5, 5.41) is 5.50. The third-order valence-corrected chi connectivity index (χ3v) is 4.32. The molecule has 1 saturated heterocycles. The van der Waals surface area contributed by atoms with Gasteiger partial charge >= 0.3 is 0 Å². The van der Waals surface area contributed by atoms with Gasteiger partial charge in [0.1, 0.15) is 5.78 Å². The monoisotopic (exact) mass is 273 g/mol. The van der Waals surface area contributed by atoms with Crippen LogP contribution in [0.3, 0.4) is 0 Å². The largest absolute Gasteiger partial charge is 0.379 e. The molecule has 5 heteroatoms. The summed E-state index contributed by atoms with van der Waals surface area (Å²) in [5.41, 5.74) is 7.26. The van der Waals surface area contributed by atoms with Crippen molar-refractivity contribution in [3.63, 3.8) is 0 Å². The van der Waals surface area contributed by atoms with Crippen molar-refractivity contribution in [3.8, 4) is 0 Å². The van der Waals surface area contributed by atoms with Gasteiger partial charge in [-0.2, -0.15) is 5.10 Å². The lowest BCUT2D eigenvalue weighted by molar-refractivity contribution is -0.127. The number of aryl methyl sites for hydroxylation is 1. The van der Waals surface area contributed by atoms with Crippen molar-refractivity contribution >= 4 is 16.7 Å². The molecule has 0 spiro atoms. The van der Waals surface area contributed by atoms with E-state index in [0.717, 1.165) is 16.6 Å². The molecular formula is C15H19N3O2. The molecule has 1 aromatic heterocycles. The number of fused-ring (bicyclic) bond motifs is 1. The molecule has 1 aromatic carbocycles. The molecule has 1 aliphatic heterocycles. The Morgan fingerprint density at radius 2 is 2.30 bits per heavy atom. The third kappa shape index (κ3) is 1.94. The highest BCUT2D eigenvalue weighted by Crippen LogP contribution is 2.30. The molecular weight excluding hydrogens is 254 g/mol. The van der Waals surface area contributed by atoms with E-state index in [1.807, 2.05) is 42.9 Å². The first-order valence-electron chi connectivity index (χ1n) is 6.79. The second-order valence-corrected chi connectivity index (χ2v) is 5.73. The predicted molar refractivity (Wildman–Crippen MR) is 76.3 cm³/mol. The van der Waals surface area contributed by atoms with Crippen LogP contribution in [0.5, 0.6) is 0 Å². The van der Waals surface area contributed by atoms with Gasteiger partial charge in [0.2, 0.25) is 0 Å². The van der Waals surface area contributed by atoms with Gasteiger partial charge < -0.3 is 10.5 Å². The number of Topliss-reactive ketones (excluding diaryl/α,β-unsaturated/α-hetero) is 1. The minimum absolute atomic E-state index is 0.103. The van der Waals surface area contributed by atoms with Crippen molar-refractivity contribution in [3.05, 3.63) is 30.0 Å². The Morgan fingerprint density at radius 3 is 3.00 bits per heavy atom. The maximum Gasteiger partial charge on any atom is 0.148 e. The molecule has 2 N–H and O–H groups in total. The van der Waals surface area contributed by atoms with E-state index >= 15 is 0 Å². The Kier molecular flexibility index (Phi) is 3.11. The van der Waals surface area contributed by atoms with E-state index in [9.17, 15) is 4.79 Å². The molecule has 1 fully saturated rings. The van der Waals surface area contributed by atoms with Crippen molar-refractivity contribution in [1.29, 1.82) is 0 Å². The number of rotatable bonds is 3. The highest BCUT2D eigenvalue weighted by atomic mass is 16.5. The number of aromatic nitrogens is 2. The summed E-state index contributed by atoms with van der Waals surface area (Å²) in [4.78, 5) is 12.6. The van der Waals surface area contributed by atoms with Crippen molar-refractivity contribution < 1.29 is 9.53 Å². The van der Waals surface area contributed by atoms with Gasteiger partial charge in [0.05, 0.1) is 36.3 Å². The Hall–Kier alpha value is -1.72. The number of para-hydroxylation sites is 1. The first-order valence-corrected chi connectivity index (χ1v) is 6.79. The van der Waals surface area contributed by atoms with E-state index in [-0.39, 0.29) is 11.8 Å². The van der Waals surface area contributed by atoms with Gasteiger partial charge in [-0.15, -0.1) is 0 Å². The molecule has 5 nitrogen and oxygen atoms in total. The lowest BCUT2D eigenvalue weighted by Gasteiger charge is -2.24. The van der Waals surface area contributed by atoms with Crippen molar-refractivity contribution in [2.24, 2.45) is 18.2 Å². The molecule has 2 atom stereocenters. The van der Waals surface area contributed by atoms with Gasteiger partial charge in [0.25, 0.3) is 0 Å². The number of nitrogens with zero attached hydrogens (tertiary/aromatic N) is 2. The number of carbonyl (C=O) groups is 1. The second kappa shape index (κ2) is 4.68. The van der Waals surface area contributed by atoms with Crippen molar-refractivity contribution in [1.82, 2.24) is 9.78 Å². The minimum atomic E-state index is -0.599. The fourth-order valence-corrected chi connectivity index (χ4v) is 2.75. The number of hydrogen-bond donors (Lipinski definition) is 1. The topological polar surface area (TPSA) is 70.1 Å². The lowest BCUT2D eigenvalue weighted by atomic mass is 9.79. The smallest absolute Gasteiger partial charge is 0.148 e. The highest BCUT2D eigenvalue weighted by Gasteiger charge is 2.44. The van der Waals surface area contributed by atoms with Gasteiger partial charge in [-0.05, 0) is 13.0 Å². The summed E-state index contributed by atoms with van der Waals surface area (Å²) in [5.74, 6) is 0.103. The molecule has 106 valence electrons. The van der Waals surface area contributed by atoms with E-state index in [0.29, 0.717) is 19.6 Å². The fourth-order valence-electron chi connectivity index (χ4n) is 2.75. The molecule has 0 amide bonds. The first-order chi connectivity index (χ1) is 9.52. The maximum absolute atomic E-state index is 12.6. The number of nitrogens with two attached hydrogens (primary N) is 1. The molecule has 2 aromatic rings. The fraction of sp³-hybridized carbons (Fsp3) is 0.467. The number of ether oxygens (including phenoxy) is 1. The molecule has 0 bridgehead atoms. The maximum atomic E-state index is 12.6. The van der Waals surface area contributed by atoms with E-state index in [2.05, 4.69) is 5.10 Å². The molecule has 0 saturated carbocycles. The van der Waals surface area contributed by atoms with Crippen LogP contribution in [0.15, 0.2) is 24.3 Å². The normalized spacial score (nSPS) is 26.2. The van der Waals surface area contributed by atoms with E-state index in [4.69, 9.17) is 10.5 Å². The van der Waals surface area contributed by atoms with Crippen LogP contribution in [0.4, 0.5) is 0 Å². The van der Waals surface area contributed by atoms with Crippen molar-refractivity contribution in [2.75, 3.05) is 13.2 Å². The van der Waals surface area contributed by atoms with E-state index < -0.39 is 5.41 Å². The van der Waals surface area contributed by atoms with Gasteiger partial charge in [-0.3, -0.25) is 9.48 Å². The van der Waals surface area contributed by atoms with Crippen molar-refractivity contribution in [2.45, 2.75) is 19.4 Å². The Balaban J connectivity index is 1.92. The second-order valence-electron chi connectivity index (χ2n) is 5.73. The minimum Gasteiger partial charge on any atom is -0.379 e. The Labute approximate surface area is 117 Å². The first kappa shape index (κ1) is 13.3. The van der Waals surface area contributed by atoms with E-state index in [1.165, 1.54) is 0 Å². The quantitative estimate of drug-likeness (QED) is 0.907. The third-order valence-electron chi connectivity index (χ3n) is 4.32. The Morgan fingerprint density at radius 1 is 1.55 bits per heavy atom. The predicted octanol–water partition coefficient (Wildman–Crippen LogP) is 1.05. The summed E-state index contributed by atoms with van der Waals surface area (Å²) in [6.45, 7) is 2.74. The summed E-state index contributed by atoms with van der Waals surface area (Å²) in [6, 6.07) is 7.70. The zero-order chi connectivity index (χ0) is 14.3. The number of carbonyl (C=O) groups excluding carboxylic acids is 1.